The molecule has 0 bridgehead atoms. The van der Waals surface area contributed by atoms with Crippen molar-refractivity contribution in [3.8, 4) is 5.75 Å². The highest BCUT2D eigenvalue weighted by Gasteiger charge is 2.23. The number of amides is 2. The molecule has 2 amide bonds. The van der Waals surface area contributed by atoms with E-state index in [4.69, 9.17) is 38.7 Å². The third-order valence-corrected chi connectivity index (χ3v) is 7.34. The number of carbonyl (C=O) groups excluding carboxylic acids is 2. The van der Waals surface area contributed by atoms with Crippen LogP contribution in [-0.2, 0) is 17.6 Å². The lowest BCUT2D eigenvalue weighted by Crippen LogP contribution is -2.29. The number of ether oxygens (including phenoxy) is 1. The first-order chi connectivity index (χ1) is 18.4. The van der Waals surface area contributed by atoms with Crippen LogP contribution in [0.3, 0.4) is 0 Å². The van der Waals surface area contributed by atoms with Gasteiger partial charge in [0.1, 0.15) is 22.6 Å². The molecule has 0 atom stereocenters. The minimum atomic E-state index is -0.689. The van der Waals surface area contributed by atoms with Crippen molar-refractivity contribution in [3.63, 3.8) is 0 Å². The highest BCUT2D eigenvalue weighted by atomic mass is 35.5. The smallest absolute Gasteiger partial charge is 0.254 e. The van der Waals surface area contributed by atoms with Crippen LogP contribution in [0, 0.1) is 0 Å². The second-order valence-corrected chi connectivity index (χ2v) is 9.89. The summed E-state index contributed by atoms with van der Waals surface area (Å²) in [5.74, 6) is 0.113. The van der Waals surface area contributed by atoms with Gasteiger partial charge in [0.15, 0.2) is 0 Å². The topological polar surface area (TPSA) is 126 Å². The van der Waals surface area contributed by atoms with Crippen LogP contribution in [0.25, 0.3) is 11.0 Å². The van der Waals surface area contributed by atoms with Crippen LogP contribution in [0.5, 0.6) is 5.75 Å². The lowest BCUT2D eigenvalue weighted by atomic mass is 10.1. The van der Waals surface area contributed by atoms with Crippen LogP contribution in [0.15, 0.2) is 42.7 Å². The average molecular weight is 553 g/mol. The number of imidazole rings is 1. The van der Waals surface area contributed by atoms with Crippen LogP contribution in [-0.4, -0.2) is 51.9 Å². The molecule has 0 unspecified atom stereocenters. The Morgan fingerprint density at radius 1 is 1.16 bits per heavy atom. The van der Waals surface area contributed by atoms with Gasteiger partial charge in [-0.15, -0.1) is 0 Å². The average Bonchev–Trinajstić information content (AvgIpc) is 3.60. The summed E-state index contributed by atoms with van der Waals surface area (Å²) in [6, 6.07) is 10.7. The lowest BCUT2D eigenvalue weighted by Gasteiger charge is -2.17. The number of methoxy groups -OCH3 is 1. The van der Waals surface area contributed by atoms with Gasteiger partial charge in [-0.1, -0.05) is 35.3 Å². The third-order valence-electron chi connectivity index (χ3n) is 6.63. The van der Waals surface area contributed by atoms with Crippen molar-refractivity contribution < 1.29 is 14.3 Å². The molecule has 4 aromatic rings. The third kappa shape index (κ3) is 5.12. The highest BCUT2D eigenvalue weighted by molar-refractivity contribution is 6.36. The van der Waals surface area contributed by atoms with Crippen LogP contribution >= 0.6 is 23.2 Å². The number of primary amides is 1. The van der Waals surface area contributed by atoms with Gasteiger partial charge >= 0.3 is 0 Å². The number of fused-ring (bicyclic) bond motifs is 1. The largest absolute Gasteiger partial charge is 0.495 e. The molecule has 196 valence electrons. The Kier molecular flexibility index (Phi) is 7.40. The number of hydrogen-bond donors (Lipinski definition) is 3. The maximum Gasteiger partial charge on any atom is 0.254 e. The van der Waals surface area contributed by atoms with Crippen molar-refractivity contribution in [1.82, 2.24) is 19.9 Å². The molecule has 11 heteroatoms. The molecule has 4 N–H and O–H groups in total. The van der Waals surface area contributed by atoms with Gasteiger partial charge in [-0.2, -0.15) is 0 Å². The number of aromatic amines is 1. The molecular formula is C27H26Cl2N6O3. The molecule has 9 nitrogen and oxygen atoms in total. The predicted octanol–water partition coefficient (Wildman–Crippen LogP) is 4.87. The Bertz CT molecular complexity index is 1510. The molecule has 0 radical (unpaired) electrons. The molecule has 0 aliphatic carbocycles. The van der Waals surface area contributed by atoms with E-state index in [1.807, 2.05) is 11.0 Å². The number of pyridine rings is 1. The minimum Gasteiger partial charge on any atom is -0.495 e. The Balaban J connectivity index is 1.51. The predicted molar refractivity (Wildman–Crippen MR) is 147 cm³/mol. The highest BCUT2D eigenvalue weighted by Crippen LogP contribution is 2.34. The van der Waals surface area contributed by atoms with Crippen LogP contribution in [0.4, 0.5) is 11.5 Å². The molecule has 0 saturated carbocycles. The minimum absolute atomic E-state index is 0.0924. The number of rotatable bonds is 8. The molecular weight excluding hydrogens is 527 g/mol. The van der Waals surface area contributed by atoms with E-state index in [2.05, 4.69) is 15.3 Å². The SMILES string of the molecule is COc1cc(CC(=O)N2CCCC2)ccc1Nc1nc(Cc2c(Cl)cccc2Cl)c2[nH]cnc2c1C(N)=O. The van der Waals surface area contributed by atoms with Crippen molar-refractivity contribution in [3.05, 3.63) is 75.2 Å². The van der Waals surface area contributed by atoms with Gasteiger partial charge in [-0.25, -0.2) is 9.97 Å². The summed E-state index contributed by atoms with van der Waals surface area (Å²) < 4.78 is 5.61. The van der Waals surface area contributed by atoms with Gasteiger partial charge in [0.2, 0.25) is 5.91 Å². The molecule has 1 aliphatic heterocycles. The van der Waals surface area contributed by atoms with Crippen molar-refractivity contribution in [2.45, 2.75) is 25.7 Å². The van der Waals surface area contributed by atoms with Crippen molar-refractivity contribution >= 4 is 57.6 Å². The zero-order chi connectivity index (χ0) is 26.8. The van der Waals surface area contributed by atoms with Gasteiger partial charge in [0, 0.05) is 29.6 Å². The normalized spacial score (nSPS) is 13.2. The van der Waals surface area contributed by atoms with E-state index < -0.39 is 5.91 Å². The number of aromatic nitrogens is 3. The summed E-state index contributed by atoms with van der Waals surface area (Å²) in [5, 5.41) is 4.20. The number of nitrogens with one attached hydrogen (secondary N) is 2. The van der Waals surface area contributed by atoms with E-state index in [1.165, 1.54) is 13.4 Å². The summed E-state index contributed by atoms with van der Waals surface area (Å²) >= 11 is 12.8. The summed E-state index contributed by atoms with van der Waals surface area (Å²) in [5.41, 5.74) is 9.48. The first-order valence-corrected chi connectivity index (χ1v) is 12.9. The molecule has 1 saturated heterocycles. The maximum absolute atomic E-state index is 12.6. The van der Waals surface area contributed by atoms with Crippen LogP contribution in [0.1, 0.15) is 40.0 Å². The van der Waals surface area contributed by atoms with E-state index in [-0.39, 0.29) is 23.7 Å². The van der Waals surface area contributed by atoms with Gasteiger partial charge in [-0.05, 0) is 48.2 Å². The quantitative estimate of drug-likeness (QED) is 0.286. The number of likely N-dealkylation sites (tertiary alicyclic amines) is 1. The first-order valence-electron chi connectivity index (χ1n) is 12.2. The second-order valence-electron chi connectivity index (χ2n) is 9.07. The molecule has 2 aromatic heterocycles. The molecule has 0 spiro atoms. The van der Waals surface area contributed by atoms with Crippen LogP contribution in [0.2, 0.25) is 10.0 Å². The van der Waals surface area contributed by atoms with Crippen molar-refractivity contribution in [1.29, 1.82) is 0 Å². The van der Waals surface area contributed by atoms with E-state index in [0.717, 1.165) is 31.5 Å². The molecule has 2 aromatic carbocycles. The van der Waals surface area contributed by atoms with Gasteiger partial charge < -0.3 is 25.7 Å². The Hall–Kier alpha value is -3.82. The summed E-state index contributed by atoms with van der Waals surface area (Å²) in [7, 11) is 1.54. The zero-order valence-corrected chi connectivity index (χ0v) is 22.2. The number of carbonyl (C=O) groups is 2. The van der Waals surface area contributed by atoms with Crippen LogP contribution < -0.4 is 15.8 Å². The number of nitrogens with two attached hydrogens (primary N) is 1. The number of nitrogens with zero attached hydrogens (tertiary/aromatic N) is 3. The van der Waals surface area contributed by atoms with Crippen molar-refractivity contribution in [2.24, 2.45) is 5.73 Å². The number of H-pyrrole nitrogens is 1. The molecule has 1 fully saturated rings. The lowest BCUT2D eigenvalue weighted by molar-refractivity contribution is -0.129. The molecule has 5 rings (SSSR count). The monoisotopic (exact) mass is 552 g/mol. The fraction of sp³-hybridized carbons (Fsp3) is 0.259. The fourth-order valence-corrected chi connectivity index (χ4v) is 5.24. The number of benzene rings is 2. The van der Waals surface area contributed by atoms with Gasteiger partial charge in [-0.3, -0.25) is 9.59 Å². The Morgan fingerprint density at radius 2 is 1.89 bits per heavy atom. The van der Waals surface area contributed by atoms with Gasteiger partial charge in [0.25, 0.3) is 5.91 Å². The fourth-order valence-electron chi connectivity index (χ4n) is 4.71. The molecule has 3 heterocycles. The first kappa shape index (κ1) is 25.8. The van der Waals surface area contributed by atoms with Gasteiger partial charge in [0.05, 0.1) is 36.8 Å². The second kappa shape index (κ2) is 10.9. The Labute approximate surface area is 229 Å². The van der Waals surface area contributed by atoms with E-state index in [1.54, 1.807) is 30.3 Å². The van der Waals surface area contributed by atoms with E-state index in [9.17, 15) is 9.59 Å². The summed E-state index contributed by atoms with van der Waals surface area (Å²) in [4.78, 5) is 39.2. The molecule has 38 heavy (non-hydrogen) atoms. The summed E-state index contributed by atoms with van der Waals surface area (Å²) in [6.45, 7) is 1.60. The standard InChI is InChI=1S/C27H26Cl2N6O3/c1-38-21-11-15(12-22(36)35-9-2-3-10-35)7-8-19(21)33-27-23(26(30)37)25-24(31-14-32-25)20(34-27)13-16-17(28)5-4-6-18(16)29/h4-8,11,14H,2-3,9-10,12-13H2,1H3,(H2,30,37)(H,31,32)(H,33,34). The van der Waals surface area contributed by atoms with E-state index >= 15 is 0 Å². The maximum atomic E-state index is 12.6. The molecule has 1 aliphatic rings. The van der Waals surface area contributed by atoms with Crippen molar-refractivity contribution in [2.75, 3.05) is 25.5 Å². The Morgan fingerprint density at radius 3 is 2.58 bits per heavy atom. The van der Waals surface area contributed by atoms with E-state index in [0.29, 0.717) is 50.2 Å². The summed E-state index contributed by atoms with van der Waals surface area (Å²) in [6.07, 6.45) is 4.13. The number of hydrogen-bond acceptors (Lipinski definition) is 6. The number of halogens is 2. The zero-order valence-electron chi connectivity index (χ0n) is 20.7. The number of anilines is 2.